The van der Waals surface area contributed by atoms with Crippen LogP contribution in [0.2, 0.25) is 0 Å². The number of aliphatic hydroxyl groups is 2. The largest absolute Gasteiger partial charge is 0.504 e. The Morgan fingerprint density at radius 2 is 1.22 bits per heavy atom. The smallest absolute Gasteiger partial charge is 0.188 e. The zero-order valence-corrected chi connectivity index (χ0v) is 43.0. The van der Waals surface area contributed by atoms with Crippen molar-refractivity contribution in [3.8, 4) is 11.5 Å². The number of piperidine rings is 4. The van der Waals surface area contributed by atoms with Gasteiger partial charge in [0.05, 0.1) is 96.3 Å². The van der Waals surface area contributed by atoms with Gasteiger partial charge in [0, 0.05) is 52.0 Å². The highest BCUT2D eigenvalue weighted by Crippen LogP contribution is 2.64. The van der Waals surface area contributed by atoms with Crippen LogP contribution in [-0.4, -0.2) is 149 Å². The number of halogens is 2. The molecule has 6 saturated heterocycles. The van der Waals surface area contributed by atoms with E-state index in [9.17, 15) is 19.8 Å². The fourth-order valence-corrected chi connectivity index (χ4v) is 14.5. The van der Waals surface area contributed by atoms with Gasteiger partial charge in [0.1, 0.15) is 35.9 Å². The van der Waals surface area contributed by atoms with Crippen molar-refractivity contribution in [3.63, 3.8) is 0 Å². The average molecular weight is 1070 g/mol. The Hall–Kier alpha value is -3.30. The second-order valence-corrected chi connectivity index (χ2v) is 20.9. The van der Waals surface area contributed by atoms with Gasteiger partial charge in [0.2, 0.25) is 0 Å². The summed E-state index contributed by atoms with van der Waals surface area (Å²) in [6.07, 6.45) is 7.81. The summed E-state index contributed by atoms with van der Waals surface area (Å²) >= 11 is 7.34. The van der Waals surface area contributed by atoms with Gasteiger partial charge in [-0.05, 0) is 89.6 Å². The molecule has 16 nitrogen and oxygen atoms in total. The lowest BCUT2D eigenvalue weighted by atomic mass is 9.66. The number of aliphatic hydroxyl groups excluding tert-OH is 2. The monoisotopic (exact) mass is 1070 g/mol. The molecular formula is C50H66Br2N4O12. The number of rotatable bonds is 12. The lowest BCUT2D eigenvalue weighted by Gasteiger charge is -2.61. The van der Waals surface area contributed by atoms with E-state index in [0.717, 1.165) is 94.8 Å². The van der Waals surface area contributed by atoms with Gasteiger partial charge < -0.3 is 58.7 Å². The number of benzene rings is 2. The van der Waals surface area contributed by atoms with Crippen LogP contribution in [-0.2, 0) is 49.2 Å². The van der Waals surface area contributed by atoms with E-state index in [1.807, 2.05) is 18.2 Å². The standard InChI is InChI=1S/2C25H33BrN2O6/c1-4-15-12-28-6-5-24-23-19(9-16(26)10-21(23)32-3)27-25(24,34-8-7-33-24)22(28)11-17(15)18(14-31-2)20(30)13-29;1-4-15-12-28-8-7-24-22-20(32-3)6-5-18(26)23(22)27-25(24,34-10-9-33-24)21(28)11-16(15)17(14-31-2)19(30)13-29/h9-10,14-15,17,22,27,29H,4-8,11-13H2,1-3H3;5-6,14-16,21,27,29H,4,7-13H2,1-3H3/b18-14+;17-14+/t15-,17+,22+,24+,25+;15-,16+,21+,24+,25+/m11/s1. The first-order valence-corrected chi connectivity index (χ1v) is 25.6. The number of hydrogen-bond donors (Lipinski definition) is 4. The minimum absolute atomic E-state index is 0.0445. The Kier molecular flexibility index (Phi) is 14.4. The van der Waals surface area contributed by atoms with E-state index in [1.165, 1.54) is 12.5 Å². The molecule has 4 N–H and O–H groups in total. The number of hydrogen-bond acceptors (Lipinski definition) is 16. The molecule has 68 heavy (non-hydrogen) atoms. The zero-order valence-electron chi connectivity index (χ0n) is 39.9. The quantitative estimate of drug-likeness (QED) is 0.142. The molecule has 8 heterocycles. The van der Waals surface area contributed by atoms with E-state index in [1.54, 1.807) is 28.4 Å². The molecule has 0 bridgehead atoms. The second-order valence-electron chi connectivity index (χ2n) is 19.1. The minimum Gasteiger partial charge on any atom is -0.504 e. The van der Waals surface area contributed by atoms with E-state index in [4.69, 9.17) is 37.9 Å². The number of fused-ring (bicyclic) bond motifs is 4. The predicted octanol–water partition coefficient (Wildman–Crippen LogP) is 6.07. The first-order chi connectivity index (χ1) is 32.9. The van der Waals surface area contributed by atoms with Gasteiger partial charge in [0.15, 0.2) is 23.0 Å². The first-order valence-electron chi connectivity index (χ1n) is 24.0. The summed E-state index contributed by atoms with van der Waals surface area (Å²) < 4.78 is 50.8. The molecule has 0 amide bonds. The average Bonchev–Trinajstić information content (AvgIpc) is 3.86. The summed E-state index contributed by atoms with van der Waals surface area (Å²) in [6.45, 7) is 8.62. The van der Waals surface area contributed by atoms with E-state index in [2.05, 4.69) is 72.2 Å². The third kappa shape index (κ3) is 7.56. The van der Waals surface area contributed by atoms with Crippen molar-refractivity contribution in [2.45, 2.75) is 87.1 Å². The van der Waals surface area contributed by atoms with Gasteiger partial charge in [-0.25, -0.2) is 0 Å². The highest BCUT2D eigenvalue weighted by Gasteiger charge is 2.72. The Morgan fingerprint density at radius 1 is 0.721 bits per heavy atom. The molecule has 0 aliphatic carbocycles. The molecule has 0 unspecified atom stereocenters. The van der Waals surface area contributed by atoms with Gasteiger partial charge in [-0.2, -0.15) is 0 Å². The van der Waals surface area contributed by atoms with Gasteiger partial charge in [-0.3, -0.25) is 19.4 Å². The Labute approximate surface area is 415 Å². The molecular weight excluding hydrogens is 1010 g/mol. The summed E-state index contributed by atoms with van der Waals surface area (Å²) in [5.74, 6) is 1.41. The minimum atomic E-state index is -0.819. The molecule has 0 spiro atoms. The maximum absolute atomic E-state index is 12.7. The number of methoxy groups -OCH3 is 4. The number of carbonyl (C=O) groups is 2. The number of ketones is 2. The number of anilines is 2. The summed E-state index contributed by atoms with van der Waals surface area (Å²) in [5.41, 5.74) is 1.97. The number of nitrogens with zero attached hydrogens (tertiary/aromatic N) is 2. The predicted molar refractivity (Wildman–Crippen MR) is 259 cm³/mol. The topological polar surface area (TPSA) is 179 Å². The summed E-state index contributed by atoms with van der Waals surface area (Å²) in [7, 11) is 6.46. The molecule has 18 heteroatoms. The maximum Gasteiger partial charge on any atom is 0.188 e. The van der Waals surface area contributed by atoms with Crippen LogP contribution < -0.4 is 20.1 Å². The van der Waals surface area contributed by atoms with Crippen LogP contribution in [0.5, 0.6) is 11.5 Å². The molecule has 8 aliphatic rings. The molecule has 0 aromatic heterocycles. The molecule has 10 atom stereocenters. The van der Waals surface area contributed by atoms with Gasteiger partial charge in [0.25, 0.3) is 0 Å². The highest BCUT2D eigenvalue weighted by molar-refractivity contribution is 9.10. The molecule has 372 valence electrons. The highest BCUT2D eigenvalue weighted by atomic mass is 79.9. The molecule has 2 aromatic carbocycles. The number of carbonyl (C=O) groups excluding carboxylic acids is 2. The molecule has 2 aromatic rings. The van der Waals surface area contributed by atoms with Crippen molar-refractivity contribution in [2.24, 2.45) is 23.7 Å². The number of nitrogens with one attached hydrogen (secondary N) is 2. The zero-order chi connectivity index (χ0) is 48.2. The molecule has 8 aliphatic heterocycles. The van der Waals surface area contributed by atoms with Crippen molar-refractivity contribution in [3.05, 3.63) is 68.0 Å². The maximum atomic E-state index is 12.7. The normalized spacial score (nSPS) is 34.9. The molecule has 10 rings (SSSR count). The Morgan fingerprint density at radius 3 is 1.71 bits per heavy atom. The summed E-state index contributed by atoms with van der Waals surface area (Å²) in [5, 5.41) is 26.8. The fraction of sp³-hybridized carbons (Fsp3) is 0.640. The third-order valence-electron chi connectivity index (χ3n) is 16.4. The van der Waals surface area contributed by atoms with Crippen LogP contribution in [0, 0.1) is 23.7 Å². The molecule has 6 fully saturated rings. The SMILES string of the molecule is CC[C@@H]1CN2CC[C@@]34OCCO[C@@]3(Nc3c(Br)ccc(OC)c34)[C@@H]2C[C@@H]1/C(=C\OC)C(=O)CO.CC[C@@H]1CN2CC[C@@]34OCCO[C@@]3(Nc3cc(Br)cc(OC)c34)[C@@H]2C[C@@H]1/C(=C\OC)C(=O)CO. The van der Waals surface area contributed by atoms with E-state index >= 15 is 0 Å². The van der Waals surface area contributed by atoms with E-state index < -0.39 is 35.9 Å². The van der Waals surface area contributed by atoms with E-state index in [0.29, 0.717) is 50.4 Å². The number of ether oxygens (including phenoxy) is 8. The van der Waals surface area contributed by atoms with Crippen molar-refractivity contribution >= 4 is 54.8 Å². The van der Waals surface area contributed by atoms with Crippen molar-refractivity contribution in [2.75, 3.05) is 105 Å². The van der Waals surface area contributed by atoms with Gasteiger partial charge in [-0.1, -0.05) is 42.6 Å². The van der Waals surface area contributed by atoms with Crippen LogP contribution in [0.1, 0.15) is 63.5 Å². The van der Waals surface area contributed by atoms with Crippen LogP contribution >= 0.6 is 31.9 Å². The molecule has 0 radical (unpaired) electrons. The Bertz CT molecular complexity index is 2320. The van der Waals surface area contributed by atoms with Crippen molar-refractivity contribution in [1.82, 2.24) is 9.80 Å². The molecule has 0 saturated carbocycles. The van der Waals surface area contributed by atoms with E-state index in [-0.39, 0.29) is 47.3 Å². The Balaban J connectivity index is 0.000000170. The van der Waals surface area contributed by atoms with Gasteiger partial charge in [-0.15, -0.1) is 0 Å². The first kappa shape index (κ1) is 49.7. The van der Waals surface area contributed by atoms with Crippen molar-refractivity contribution < 1.29 is 57.7 Å². The lowest BCUT2D eigenvalue weighted by Crippen LogP contribution is -2.75. The fourth-order valence-electron chi connectivity index (χ4n) is 13.6. The summed E-state index contributed by atoms with van der Waals surface area (Å²) in [6, 6.07) is 7.89. The van der Waals surface area contributed by atoms with Crippen LogP contribution in [0.15, 0.2) is 56.9 Å². The third-order valence-corrected chi connectivity index (χ3v) is 17.5. The van der Waals surface area contributed by atoms with Crippen LogP contribution in [0.25, 0.3) is 0 Å². The second kappa shape index (κ2) is 19.7. The van der Waals surface area contributed by atoms with Crippen LogP contribution in [0.4, 0.5) is 11.4 Å². The lowest BCUT2D eigenvalue weighted by molar-refractivity contribution is -0.297. The summed E-state index contributed by atoms with van der Waals surface area (Å²) in [4.78, 5) is 30.4. The number of Topliss-reactive ketones (excluding diaryl/α,β-unsaturated/α-hetero) is 2. The van der Waals surface area contributed by atoms with Gasteiger partial charge >= 0.3 is 0 Å². The van der Waals surface area contributed by atoms with Crippen LogP contribution in [0.3, 0.4) is 0 Å². The van der Waals surface area contributed by atoms with Crippen molar-refractivity contribution in [1.29, 1.82) is 0 Å².